The van der Waals surface area contributed by atoms with Gasteiger partial charge in [-0.05, 0) is 26.0 Å². The molecule has 0 aliphatic carbocycles. The first-order valence-electron chi connectivity index (χ1n) is 9.39. The van der Waals surface area contributed by atoms with E-state index < -0.39 is 0 Å². The third-order valence-corrected chi connectivity index (χ3v) is 6.98. The van der Waals surface area contributed by atoms with Crippen LogP contribution in [0.2, 0.25) is 5.02 Å². The molecule has 1 amide bonds. The lowest BCUT2D eigenvalue weighted by molar-refractivity contribution is -0.0847. The first-order chi connectivity index (χ1) is 13.5. The fourth-order valence-corrected chi connectivity index (χ4v) is 5.23. The summed E-state index contributed by atoms with van der Waals surface area (Å²) < 4.78 is 11.4. The van der Waals surface area contributed by atoms with E-state index in [9.17, 15) is 4.79 Å². The number of carbonyl (C=O) groups excluding carboxylic acids is 1. The number of benzene rings is 1. The molecule has 28 heavy (non-hydrogen) atoms. The predicted octanol–water partition coefficient (Wildman–Crippen LogP) is 3.32. The van der Waals surface area contributed by atoms with Crippen LogP contribution < -0.4 is 4.74 Å². The van der Waals surface area contributed by atoms with Crippen LogP contribution in [0.15, 0.2) is 18.2 Å². The second kappa shape index (κ2) is 7.99. The molecular formula is C20H24ClN3O3S. The molecule has 2 atom stereocenters. The topological polar surface area (TPSA) is 54.9 Å². The van der Waals surface area contributed by atoms with Gasteiger partial charge in [-0.15, -0.1) is 11.3 Å². The quantitative estimate of drug-likeness (QED) is 0.760. The molecule has 0 bridgehead atoms. The molecule has 0 spiro atoms. The number of rotatable bonds is 3. The average Bonchev–Trinajstić information content (AvgIpc) is 3.05. The smallest absolute Gasteiger partial charge is 0.255 e. The van der Waals surface area contributed by atoms with Crippen LogP contribution in [0, 0.1) is 13.8 Å². The van der Waals surface area contributed by atoms with Crippen molar-refractivity contribution in [2.24, 2.45) is 0 Å². The van der Waals surface area contributed by atoms with Gasteiger partial charge in [0.15, 0.2) is 0 Å². The Kier molecular flexibility index (Phi) is 5.60. The van der Waals surface area contributed by atoms with Crippen LogP contribution in [0.4, 0.5) is 0 Å². The van der Waals surface area contributed by atoms with E-state index in [0.717, 1.165) is 23.8 Å². The summed E-state index contributed by atoms with van der Waals surface area (Å²) in [6.07, 6.45) is 0.0672. The highest BCUT2D eigenvalue weighted by molar-refractivity contribution is 7.11. The molecule has 1 aromatic carbocycles. The Hall–Kier alpha value is -1.67. The van der Waals surface area contributed by atoms with E-state index in [4.69, 9.17) is 21.1 Å². The van der Waals surface area contributed by atoms with Gasteiger partial charge in [0.25, 0.3) is 5.91 Å². The van der Waals surface area contributed by atoms with Crippen molar-refractivity contribution >= 4 is 28.8 Å². The van der Waals surface area contributed by atoms with Crippen LogP contribution in [0.3, 0.4) is 0 Å². The molecule has 3 heterocycles. The number of piperazine rings is 1. The standard InChI is InChI=1S/C20H24ClN3O3S/c1-12-19(28-13(2)22-12)17-10-23-7-8-24(9-14(23)11-27-17)20(25)15-5-4-6-16(26-3)18(15)21/h4-6,14,17H,7-11H2,1-3H3/t14-,17+/m1/s1. The number of hydrogen-bond donors (Lipinski definition) is 0. The molecule has 0 radical (unpaired) electrons. The SMILES string of the molecule is COc1cccc(C(=O)N2CCN3C[C@@H](c4sc(C)nc4C)OC[C@H]3C2)c1Cl. The summed E-state index contributed by atoms with van der Waals surface area (Å²) in [5.41, 5.74) is 1.55. The van der Waals surface area contributed by atoms with E-state index >= 15 is 0 Å². The van der Waals surface area contributed by atoms with Crippen LogP contribution in [0.5, 0.6) is 5.75 Å². The van der Waals surface area contributed by atoms with Crippen LogP contribution in [-0.2, 0) is 4.74 Å². The number of aromatic nitrogens is 1. The van der Waals surface area contributed by atoms with Crippen LogP contribution in [0.25, 0.3) is 0 Å². The number of halogens is 1. The fourth-order valence-electron chi connectivity index (χ4n) is 3.98. The molecule has 0 saturated carbocycles. The number of ether oxygens (including phenoxy) is 2. The fraction of sp³-hybridized carbons (Fsp3) is 0.500. The zero-order valence-electron chi connectivity index (χ0n) is 16.3. The Bertz CT molecular complexity index is 888. The van der Waals surface area contributed by atoms with Crippen molar-refractivity contribution in [2.75, 3.05) is 39.9 Å². The molecular weight excluding hydrogens is 398 g/mol. The molecule has 2 aromatic rings. The largest absolute Gasteiger partial charge is 0.495 e. The van der Waals surface area contributed by atoms with Crippen molar-refractivity contribution in [3.8, 4) is 5.75 Å². The van der Waals surface area contributed by atoms with E-state index in [-0.39, 0.29) is 18.1 Å². The molecule has 6 nitrogen and oxygen atoms in total. The first kappa shape index (κ1) is 19.6. The molecule has 2 saturated heterocycles. The van der Waals surface area contributed by atoms with Crippen molar-refractivity contribution < 1.29 is 14.3 Å². The molecule has 2 fully saturated rings. The molecule has 150 valence electrons. The highest BCUT2D eigenvalue weighted by Gasteiger charge is 2.37. The summed E-state index contributed by atoms with van der Waals surface area (Å²) in [6.45, 7) is 7.67. The first-order valence-corrected chi connectivity index (χ1v) is 10.6. The molecule has 2 aliphatic rings. The second-order valence-corrected chi connectivity index (χ2v) is 8.84. The summed E-state index contributed by atoms with van der Waals surface area (Å²) in [4.78, 5) is 23.1. The van der Waals surface area contributed by atoms with Gasteiger partial charge in [0.05, 0.1) is 45.9 Å². The number of nitrogens with zero attached hydrogens (tertiary/aromatic N) is 3. The van der Waals surface area contributed by atoms with Crippen molar-refractivity contribution in [1.29, 1.82) is 0 Å². The Balaban J connectivity index is 1.44. The van der Waals surface area contributed by atoms with Gasteiger partial charge in [-0.1, -0.05) is 17.7 Å². The molecule has 0 unspecified atom stereocenters. The number of methoxy groups -OCH3 is 1. The van der Waals surface area contributed by atoms with Gasteiger partial charge in [0, 0.05) is 26.2 Å². The predicted molar refractivity (Wildman–Crippen MR) is 110 cm³/mol. The normalized spacial score (nSPS) is 22.8. The van der Waals surface area contributed by atoms with Crippen LogP contribution >= 0.6 is 22.9 Å². The number of thiazole rings is 1. The van der Waals surface area contributed by atoms with Crippen LogP contribution in [-0.4, -0.2) is 66.6 Å². The van der Waals surface area contributed by atoms with E-state index in [1.54, 1.807) is 36.6 Å². The lowest BCUT2D eigenvalue weighted by atomic mass is 10.1. The van der Waals surface area contributed by atoms with Crippen LogP contribution in [0.1, 0.15) is 32.0 Å². The van der Waals surface area contributed by atoms with Gasteiger partial charge in [-0.25, -0.2) is 4.98 Å². The maximum absolute atomic E-state index is 13.0. The summed E-state index contributed by atoms with van der Waals surface area (Å²) in [5.74, 6) is 0.463. The maximum Gasteiger partial charge on any atom is 0.255 e. The number of morpholine rings is 1. The van der Waals surface area contributed by atoms with E-state index in [2.05, 4.69) is 9.88 Å². The van der Waals surface area contributed by atoms with Crippen molar-refractivity contribution in [3.05, 3.63) is 44.4 Å². The van der Waals surface area contributed by atoms with E-state index in [1.807, 2.05) is 18.7 Å². The minimum atomic E-state index is -0.0559. The Morgan fingerprint density at radius 2 is 2.14 bits per heavy atom. The zero-order chi connectivity index (χ0) is 19.8. The minimum absolute atomic E-state index is 0.0559. The van der Waals surface area contributed by atoms with Crippen molar-refractivity contribution in [3.63, 3.8) is 0 Å². The molecule has 4 rings (SSSR count). The number of aryl methyl sites for hydroxylation is 2. The third-order valence-electron chi connectivity index (χ3n) is 5.43. The van der Waals surface area contributed by atoms with E-state index in [0.29, 0.717) is 36.0 Å². The monoisotopic (exact) mass is 421 g/mol. The Morgan fingerprint density at radius 3 is 2.86 bits per heavy atom. The lowest BCUT2D eigenvalue weighted by Crippen LogP contribution is -2.59. The average molecular weight is 422 g/mol. The summed E-state index contributed by atoms with van der Waals surface area (Å²) in [6, 6.07) is 5.51. The van der Waals surface area contributed by atoms with Gasteiger partial charge < -0.3 is 14.4 Å². The third kappa shape index (κ3) is 3.64. The highest BCUT2D eigenvalue weighted by atomic mass is 35.5. The van der Waals surface area contributed by atoms with Gasteiger partial charge >= 0.3 is 0 Å². The zero-order valence-corrected chi connectivity index (χ0v) is 17.8. The molecule has 0 N–H and O–H groups in total. The lowest BCUT2D eigenvalue weighted by Gasteiger charge is -2.46. The maximum atomic E-state index is 13.0. The van der Waals surface area contributed by atoms with Gasteiger partial charge in [-0.3, -0.25) is 9.69 Å². The van der Waals surface area contributed by atoms with Gasteiger partial charge in [-0.2, -0.15) is 0 Å². The number of carbonyl (C=O) groups is 1. The van der Waals surface area contributed by atoms with E-state index in [1.165, 1.54) is 4.88 Å². The van der Waals surface area contributed by atoms with Crippen molar-refractivity contribution in [1.82, 2.24) is 14.8 Å². The van der Waals surface area contributed by atoms with Crippen molar-refractivity contribution in [2.45, 2.75) is 26.0 Å². The minimum Gasteiger partial charge on any atom is -0.495 e. The highest BCUT2D eigenvalue weighted by Crippen LogP contribution is 2.33. The number of amides is 1. The Labute approximate surface area is 174 Å². The number of hydrogen-bond acceptors (Lipinski definition) is 6. The molecule has 1 aromatic heterocycles. The summed E-state index contributed by atoms with van der Waals surface area (Å²) >= 11 is 8.07. The Morgan fingerprint density at radius 1 is 1.32 bits per heavy atom. The number of fused-ring (bicyclic) bond motifs is 1. The molecule has 8 heteroatoms. The molecule has 2 aliphatic heterocycles. The summed E-state index contributed by atoms with van der Waals surface area (Å²) in [5, 5.41) is 1.44. The van der Waals surface area contributed by atoms with Gasteiger partial charge in [0.1, 0.15) is 11.9 Å². The summed E-state index contributed by atoms with van der Waals surface area (Å²) in [7, 11) is 1.55. The van der Waals surface area contributed by atoms with Gasteiger partial charge in [0.2, 0.25) is 0 Å². The second-order valence-electron chi connectivity index (χ2n) is 7.23.